The summed E-state index contributed by atoms with van der Waals surface area (Å²) in [4.78, 5) is 22.6. The van der Waals surface area contributed by atoms with Crippen molar-refractivity contribution in [2.45, 2.75) is 31.8 Å². The van der Waals surface area contributed by atoms with Crippen LogP contribution in [-0.2, 0) is 9.59 Å². The molecule has 2 amide bonds. The van der Waals surface area contributed by atoms with E-state index in [9.17, 15) is 9.59 Å². The topological polar surface area (TPSA) is 70.2 Å². The minimum atomic E-state index is -0.463. The second kappa shape index (κ2) is 6.63. The maximum absolute atomic E-state index is 11.5. The molecule has 15 heavy (non-hydrogen) atoms. The van der Waals surface area contributed by atoms with E-state index in [-0.39, 0.29) is 30.3 Å². The number of amides is 2. The van der Waals surface area contributed by atoms with E-state index in [0.29, 0.717) is 0 Å². The molecule has 1 heterocycles. The monoisotopic (exact) mass is 235 g/mol. The van der Waals surface area contributed by atoms with Crippen LogP contribution < -0.4 is 16.0 Å². The van der Waals surface area contributed by atoms with Gasteiger partial charge in [-0.2, -0.15) is 0 Å². The second-order valence-corrected chi connectivity index (χ2v) is 3.49. The third-order valence-electron chi connectivity index (χ3n) is 2.38. The van der Waals surface area contributed by atoms with Gasteiger partial charge in [-0.15, -0.1) is 12.4 Å². The highest BCUT2D eigenvalue weighted by Crippen LogP contribution is 2.04. The van der Waals surface area contributed by atoms with Crippen molar-refractivity contribution in [3.05, 3.63) is 0 Å². The zero-order valence-corrected chi connectivity index (χ0v) is 9.82. The fraction of sp³-hybridized carbons (Fsp3) is 0.778. The minimum absolute atomic E-state index is 0. The number of carbonyl (C=O) groups is 2. The number of hydrogen-bond acceptors (Lipinski definition) is 3. The molecule has 1 fully saturated rings. The summed E-state index contributed by atoms with van der Waals surface area (Å²) in [5.74, 6) is -0.255. The number of carbonyl (C=O) groups excluding carboxylic acids is 2. The largest absolute Gasteiger partial charge is 0.357 e. The highest BCUT2D eigenvalue weighted by atomic mass is 35.5. The molecule has 1 saturated heterocycles. The lowest BCUT2D eigenvalue weighted by Gasteiger charge is -2.15. The molecule has 1 rings (SSSR count). The van der Waals surface area contributed by atoms with E-state index in [2.05, 4.69) is 16.0 Å². The summed E-state index contributed by atoms with van der Waals surface area (Å²) in [5, 5.41) is 8.22. The molecule has 3 N–H and O–H groups in total. The maximum Gasteiger partial charge on any atom is 0.242 e. The van der Waals surface area contributed by atoms with Crippen molar-refractivity contribution in [2.24, 2.45) is 0 Å². The van der Waals surface area contributed by atoms with Gasteiger partial charge in [-0.3, -0.25) is 9.59 Å². The van der Waals surface area contributed by atoms with Crippen molar-refractivity contribution in [1.29, 1.82) is 0 Å². The van der Waals surface area contributed by atoms with Gasteiger partial charge in [-0.25, -0.2) is 0 Å². The molecular formula is C9H18ClN3O2. The molecule has 6 heteroatoms. The van der Waals surface area contributed by atoms with Crippen LogP contribution in [0.25, 0.3) is 0 Å². The minimum Gasteiger partial charge on any atom is -0.357 e. The summed E-state index contributed by atoms with van der Waals surface area (Å²) in [6.45, 7) is 2.55. The van der Waals surface area contributed by atoms with Crippen LogP contribution in [0.1, 0.15) is 19.8 Å². The molecule has 0 aromatic heterocycles. The van der Waals surface area contributed by atoms with Crippen molar-refractivity contribution >= 4 is 24.2 Å². The van der Waals surface area contributed by atoms with Crippen LogP contribution in [0, 0.1) is 0 Å². The number of halogens is 1. The van der Waals surface area contributed by atoms with Crippen molar-refractivity contribution in [1.82, 2.24) is 16.0 Å². The first-order valence-electron chi connectivity index (χ1n) is 4.90. The third-order valence-corrected chi connectivity index (χ3v) is 2.38. The van der Waals surface area contributed by atoms with Crippen molar-refractivity contribution < 1.29 is 9.59 Å². The molecule has 0 bridgehead atoms. The van der Waals surface area contributed by atoms with Gasteiger partial charge in [-0.05, 0) is 26.3 Å². The summed E-state index contributed by atoms with van der Waals surface area (Å²) in [5.41, 5.74) is 0. The molecule has 0 saturated carbocycles. The average Bonchev–Trinajstić information content (AvgIpc) is 2.69. The highest BCUT2D eigenvalue weighted by Gasteiger charge is 2.24. The fourth-order valence-corrected chi connectivity index (χ4v) is 1.50. The molecule has 0 unspecified atom stereocenters. The molecule has 5 nitrogen and oxygen atoms in total. The van der Waals surface area contributed by atoms with Crippen LogP contribution in [-0.4, -0.2) is 37.5 Å². The molecule has 0 spiro atoms. The van der Waals surface area contributed by atoms with Gasteiger partial charge in [0.05, 0.1) is 6.04 Å². The summed E-state index contributed by atoms with van der Waals surface area (Å²) in [6.07, 6.45) is 1.87. The molecular weight excluding hydrogens is 218 g/mol. The quantitative estimate of drug-likeness (QED) is 0.613. The Morgan fingerprint density at radius 2 is 2.13 bits per heavy atom. The Hall–Kier alpha value is -0.810. The van der Waals surface area contributed by atoms with Crippen LogP contribution >= 0.6 is 12.4 Å². The van der Waals surface area contributed by atoms with Gasteiger partial charge < -0.3 is 16.0 Å². The molecule has 88 valence electrons. The maximum atomic E-state index is 11.5. The Kier molecular flexibility index (Phi) is 6.27. The molecule has 2 atom stereocenters. The van der Waals surface area contributed by atoms with Gasteiger partial charge in [0.25, 0.3) is 0 Å². The Balaban J connectivity index is 0.00000196. The van der Waals surface area contributed by atoms with Gasteiger partial charge in [0.2, 0.25) is 11.8 Å². The Labute approximate surface area is 95.8 Å². The van der Waals surface area contributed by atoms with E-state index >= 15 is 0 Å². The second-order valence-electron chi connectivity index (χ2n) is 3.49. The van der Waals surface area contributed by atoms with Crippen LogP contribution in [0.4, 0.5) is 0 Å². The lowest BCUT2D eigenvalue weighted by atomic mass is 10.2. The normalized spacial score (nSPS) is 21.3. The number of likely N-dealkylation sites (N-methyl/N-ethyl adjacent to an activating group) is 1. The summed E-state index contributed by atoms with van der Waals surface area (Å²) in [7, 11) is 1.55. The number of rotatable bonds is 3. The molecule has 0 aromatic carbocycles. The lowest BCUT2D eigenvalue weighted by Crippen LogP contribution is -2.49. The number of nitrogens with one attached hydrogen (secondary N) is 3. The van der Waals surface area contributed by atoms with Gasteiger partial charge in [-0.1, -0.05) is 0 Å². The summed E-state index contributed by atoms with van der Waals surface area (Å²) >= 11 is 0. The van der Waals surface area contributed by atoms with E-state index < -0.39 is 6.04 Å². The highest BCUT2D eigenvalue weighted by molar-refractivity contribution is 5.89. The Morgan fingerprint density at radius 3 is 2.60 bits per heavy atom. The van der Waals surface area contributed by atoms with Crippen molar-refractivity contribution in [3.63, 3.8) is 0 Å². The van der Waals surface area contributed by atoms with Crippen LogP contribution in [0.2, 0.25) is 0 Å². The first kappa shape index (κ1) is 14.2. The SMILES string of the molecule is CNC(=O)[C@@H](C)NC(=O)[C@@H]1CCCN1.Cl. The Morgan fingerprint density at radius 1 is 1.47 bits per heavy atom. The summed E-state index contributed by atoms with van der Waals surface area (Å²) < 4.78 is 0. The molecule has 0 aliphatic carbocycles. The van der Waals surface area contributed by atoms with Crippen LogP contribution in [0.5, 0.6) is 0 Å². The smallest absolute Gasteiger partial charge is 0.242 e. The lowest BCUT2D eigenvalue weighted by molar-refractivity contribution is -0.129. The first-order chi connectivity index (χ1) is 6.65. The van der Waals surface area contributed by atoms with Crippen molar-refractivity contribution in [3.8, 4) is 0 Å². The molecule has 1 aliphatic heterocycles. The molecule has 1 aliphatic rings. The Bertz CT molecular complexity index is 229. The first-order valence-corrected chi connectivity index (χ1v) is 4.90. The van der Waals surface area contributed by atoms with E-state index in [4.69, 9.17) is 0 Å². The van der Waals surface area contributed by atoms with Gasteiger partial charge in [0.15, 0.2) is 0 Å². The van der Waals surface area contributed by atoms with E-state index in [1.54, 1.807) is 14.0 Å². The molecule has 0 aromatic rings. The number of hydrogen-bond donors (Lipinski definition) is 3. The zero-order chi connectivity index (χ0) is 10.6. The fourth-order valence-electron chi connectivity index (χ4n) is 1.50. The van der Waals surface area contributed by atoms with Gasteiger partial charge in [0, 0.05) is 7.05 Å². The van der Waals surface area contributed by atoms with E-state index in [1.807, 2.05) is 0 Å². The van der Waals surface area contributed by atoms with E-state index in [0.717, 1.165) is 19.4 Å². The zero-order valence-electron chi connectivity index (χ0n) is 9.00. The summed E-state index contributed by atoms with van der Waals surface area (Å²) in [6, 6.07) is -0.586. The van der Waals surface area contributed by atoms with E-state index in [1.165, 1.54) is 0 Å². The van der Waals surface area contributed by atoms with Gasteiger partial charge >= 0.3 is 0 Å². The standard InChI is InChI=1S/C9H17N3O2.ClH/c1-6(8(13)10-2)12-9(14)7-4-3-5-11-7;/h6-7,11H,3-5H2,1-2H3,(H,10,13)(H,12,14);1H/t6-,7+;/m1./s1. The van der Waals surface area contributed by atoms with Crippen molar-refractivity contribution in [2.75, 3.05) is 13.6 Å². The predicted octanol–water partition coefficient (Wildman–Crippen LogP) is -0.589. The average molecular weight is 236 g/mol. The van der Waals surface area contributed by atoms with Crippen LogP contribution in [0.15, 0.2) is 0 Å². The van der Waals surface area contributed by atoms with Gasteiger partial charge in [0.1, 0.15) is 6.04 Å². The molecule has 0 radical (unpaired) electrons. The third kappa shape index (κ3) is 4.05. The predicted molar refractivity (Wildman–Crippen MR) is 59.9 cm³/mol. The van der Waals surface area contributed by atoms with Crippen LogP contribution in [0.3, 0.4) is 0 Å².